The molecule has 0 unspecified atom stereocenters. The maximum absolute atomic E-state index is 13.6. The molecule has 0 spiro atoms. The molecule has 0 atom stereocenters. The van der Waals surface area contributed by atoms with Gasteiger partial charge in [-0.3, -0.25) is 14.4 Å². The molecule has 7 nitrogen and oxygen atoms in total. The molecular formula is C21H29N5O2S. The summed E-state index contributed by atoms with van der Waals surface area (Å²) < 4.78 is 8.25. The highest BCUT2D eigenvalue weighted by Gasteiger charge is 2.26. The van der Waals surface area contributed by atoms with Crippen LogP contribution in [0.5, 0.6) is 5.75 Å². The summed E-state index contributed by atoms with van der Waals surface area (Å²) in [7, 11) is 5.70. The van der Waals surface area contributed by atoms with E-state index in [0.29, 0.717) is 23.1 Å². The Kier molecular flexibility index (Phi) is 6.54. The Morgan fingerprint density at radius 2 is 2.03 bits per heavy atom. The van der Waals surface area contributed by atoms with Crippen molar-refractivity contribution in [3.63, 3.8) is 0 Å². The van der Waals surface area contributed by atoms with E-state index in [4.69, 9.17) is 9.72 Å². The predicted molar refractivity (Wildman–Crippen MR) is 118 cm³/mol. The number of anilines is 1. The smallest absolute Gasteiger partial charge is 0.278 e. The summed E-state index contributed by atoms with van der Waals surface area (Å²) in [5.41, 5.74) is 2.21. The summed E-state index contributed by atoms with van der Waals surface area (Å²) in [5.74, 6) is 0.643. The standard InChI is InChI=1S/C21H29N5O2S/c1-14(2)26-16(13-15(3)23-26)20(27)25(12-8-11-24(4)5)21-22-19-17(28-6)9-7-10-18(19)29-21/h7,9-10,13-14H,8,11-12H2,1-6H3. The number of amides is 1. The van der Waals surface area contributed by atoms with Crippen LogP contribution in [-0.2, 0) is 0 Å². The molecule has 156 valence electrons. The van der Waals surface area contributed by atoms with Gasteiger partial charge in [0.25, 0.3) is 5.91 Å². The molecule has 3 rings (SSSR count). The average molecular weight is 416 g/mol. The third-order valence-corrected chi connectivity index (χ3v) is 5.66. The summed E-state index contributed by atoms with van der Waals surface area (Å²) >= 11 is 1.51. The molecule has 0 aliphatic carbocycles. The number of fused-ring (bicyclic) bond motifs is 1. The number of carbonyl (C=O) groups excluding carboxylic acids is 1. The zero-order valence-corrected chi connectivity index (χ0v) is 18.8. The molecule has 2 heterocycles. The number of aryl methyl sites for hydroxylation is 1. The van der Waals surface area contributed by atoms with Gasteiger partial charge in [-0.15, -0.1) is 0 Å². The first kappa shape index (κ1) is 21.3. The van der Waals surface area contributed by atoms with Crippen LogP contribution in [0.15, 0.2) is 24.3 Å². The van der Waals surface area contributed by atoms with Crippen LogP contribution in [0.3, 0.4) is 0 Å². The van der Waals surface area contributed by atoms with Crippen LogP contribution in [0.25, 0.3) is 10.2 Å². The lowest BCUT2D eigenvalue weighted by molar-refractivity contribution is 0.0974. The highest BCUT2D eigenvalue weighted by Crippen LogP contribution is 2.34. The number of benzene rings is 1. The lowest BCUT2D eigenvalue weighted by Crippen LogP contribution is -2.35. The maximum Gasteiger partial charge on any atom is 0.278 e. The van der Waals surface area contributed by atoms with Crippen LogP contribution >= 0.6 is 11.3 Å². The minimum atomic E-state index is -0.0731. The number of rotatable bonds is 8. The molecule has 0 bridgehead atoms. The molecular weight excluding hydrogens is 386 g/mol. The van der Waals surface area contributed by atoms with E-state index in [2.05, 4.69) is 10.00 Å². The van der Waals surface area contributed by atoms with Gasteiger partial charge in [0.2, 0.25) is 0 Å². The topological polar surface area (TPSA) is 63.5 Å². The Balaban J connectivity index is 2.02. The normalized spacial score (nSPS) is 11.6. The van der Waals surface area contributed by atoms with E-state index in [1.165, 1.54) is 11.3 Å². The van der Waals surface area contributed by atoms with Gasteiger partial charge in [0.1, 0.15) is 17.0 Å². The maximum atomic E-state index is 13.6. The molecule has 0 saturated carbocycles. The molecule has 8 heteroatoms. The molecule has 2 aromatic heterocycles. The number of methoxy groups -OCH3 is 1. The number of carbonyl (C=O) groups is 1. The van der Waals surface area contributed by atoms with E-state index >= 15 is 0 Å². The predicted octanol–water partition coefficient (Wildman–Crippen LogP) is 3.99. The molecule has 0 N–H and O–H groups in total. The van der Waals surface area contributed by atoms with Crippen LogP contribution in [0.2, 0.25) is 0 Å². The SMILES string of the molecule is COc1cccc2sc(N(CCCN(C)C)C(=O)c3cc(C)nn3C(C)C)nc12. The molecule has 1 amide bonds. The third-order valence-electron chi connectivity index (χ3n) is 4.62. The molecule has 29 heavy (non-hydrogen) atoms. The van der Waals surface area contributed by atoms with Crippen molar-refractivity contribution in [2.45, 2.75) is 33.2 Å². The average Bonchev–Trinajstić information content (AvgIpc) is 3.27. The number of para-hydroxylation sites is 1. The first-order valence-corrected chi connectivity index (χ1v) is 10.6. The molecule has 3 aromatic rings. The van der Waals surface area contributed by atoms with Crippen molar-refractivity contribution in [2.24, 2.45) is 0 Å². The van der Waals surface area contributed by atoms with Gasteiger partial charge in [-0.25, -0.2) is 4.98 Å². The first-order chi connectivity index (χ1) is 13.8. The van der Waals surface area contributed by atoms with Crippen molar-refractivity contribution in [3.05, 3.63) is 35.7 Å². The third kappa shape index (κ3) is 4.59. The Bertz CT molecular complexity index is 992. The van der Waals surface area contributed by atoms with Crippen LogP contribution in [-0.4, -0.2) is 59.9 Å². The second-order valence-electron chi connectivity index (χ2n) is 7.63. The molecule has 0 aliphatic rings. The van der Waals surface area contributed by atoms with Gasteiger partial charge < -0.3 is 9.64 Å². The van der Waals surface area contributed by atoms with Gasteiger partial charge in [0.15, 0.2) is 5.13 Å². The second kappa shape index (κ2) is 8.92. The highest BCUT2D eigenvalue weighted by atomic mass is 32.1. The van der Waals surface area contributed by atoms with Crippen molar-refractivity contribution < 1.29 is 9.53 Å². The fraction of sp³-hybridized carbons (Fsp3) is 0.476. The molecule has 0 aliphatic heterocycles. The van der Waals surface area contributed by atoms with Gasteiger partial charge in [0.05, 0.1) is 17.5 Å². The van der Waals surface area contributed by atoms with Crippen LogP contribution < -0.4 is 9.64 Å². The summed E-state index contributed by atoms with van der Waals surface area (Å²) in [5, 5.41) is 5.19. The van der Waals surface area contributed by atoms with E-state index < -0.39 is 0 Å². The largest absolute Gasteiger partial charge is 0.494 e. The molecule has 0 saturated heterocycles. The minimum absolute atomic E-state index is 0.0731. The number of hydrogen-bond acceptors (Lipinski definition) is 6. The van der Waals surface area contributed by atoms with E-state index in [0.717, 1.165) is 28.9 Å². The van der Waals surface area contributed by atoms with Gasteiger partial charge >= 0.3 is 0 Å². The van der Waals surface area contributed by atoms with Crippen molar-refractivity contribution in [1.82, 2.24) is 19.7 Å². The van der Waals surface area contributed by atoms with Crippen LogP contribution in [0, 0.1) is 6.92 Å². The van der Waals surface area contributed by atoms with Crippen LogP contribution in [0.4, 0.5) is 5.13 Å². The van der Waals surface area contributed by atoms with E-state index in [-0.39, 0.29) is 11.9 Å². The number of ether oxygens (including phenoxy) is 1. The Morgan fingerprint density at radius 3 is 2.69 bits per heavy atom. The van der Waals surface area contributed by atoms with Crippen LogP contribution in [0.1, 0.15) is 42.5 Å². The monoisotopic (exact) mass is 415 g/mol. The Morgan fingerprint density at radius 1 is 1.28 bits per heavy atom. The lowest BCUT2D eigenvalue weighted by atomic mass is 10.3. The number of thiazole rings is 1. The Labute approximate surface area is 175 Å². The fourth-order valence-corrected chi connectivity index (χ4v) is 4.24. The number of aromatic nitrogens is 3. The molecule has 0 fully saturated rings. The van der Waals surface area contributed by atoms with Gasteiger partial charge in [0, 0.05) is 12.6 Å². The fourth-order valence-electron chi connectivity index (χ4n) is 3.23. The zero-order chi connectivity index (χ0) is 21.1. The lowest BCUT2D eigenvalue weighted by Gasteiger charge is -2.22. The second-order valence-corrected chi connectivity index (χ2v) is 8.64. The zero-order valence-electron chi connectivity index (χ0n) is 18.0. The number of hydrogen-bond donors (Lipinski definition) is 0. The van der Waals surface area contributed by atoms with E-state index in [1.54, 1.807) is 16.7 Å². The van der Waals surface area contributed by atoms with Gasteiger partial charge in [-0.05, 0) is 66.0 Å². The van der Waals surface area contributed by atoms with Crippen molar-refractivity contribution in [3.8, 4) is 5.75 Å². The molecule has 0 radical (unpaired) electrons. The van der Waals surface area contributed by atoms with Crippen molar-refractivity contribution >= 4 is 32.6 Å². The van der Waals surface area contributed by atoms with Crippen molar-refractivity contribution in [1.29, 1.82) is 0 Å². The molecule has 1 aromatic carbocycles. The summed E-state index contributed by atoms with van der Waals surface area (Å²) in [6.45, 7) is 7.45. The minimum Gasteiger partial charge on any atom is -0.494 e. The van der Waals surface area contributed by atoms with Gasteiger partial charge in [-0.1, -0.05) is 17.4 Å². The highest BCUT2D eigenvalue weighted by molar-refractivity contribution is 7.22. The first-order valence-electron chi connectivity index (χ1n) is 9.78. The summed E-state index contributed by atoms with van der Waals surface area (Å²) in [6, 6.07) is 7.79. The van der Waals surface area contributed by atoms with E-state index in [9.17, 15) is 4.79 Å². The summed E-state index contributed by atoms with van der Waals surface area (Å²) in [6.07, 6.45) is 0.848. The quantitative estimate of drug-likeness (QED) is 0.557. The van der Waals surface area contributed by atoms with E-state index in [1.807, 2.05) is 59.1 Å². The van der Waals surface area contributed by atoms with Crippen molar-refractivity contribution in [2.75, 3.05) is 39.2 Å². The van der Waals surface area contributed by atoms with Gasteiger partial charge in [-0.2, -0.15) is 5.10 Å². The number of nitrogens with zero attached hydrogens (tertiary/aromatic N) is 5. The Hall–Kier alpha value is -2.45. The summed E-state index contributed by atoms with van der Waals surface area (Å²) in [4.78, 5) is 22.2.